The molecule has 0 saturated carbocycles. The Hall–Kier alpha value is -1.74. The van der Waals surface area contributed by atoms with Crippen molar-refractivity contribution in [2.75, 3.05) is 31.7 Å². The molecule has 0 radical (unpaired) electrons. The lowest BCUT2D eigenvalue weighted by molar-refractivity contribution is 0.0950. The van der Waals surface area contributed by atoms with Crippen molar-refractivity contribution in [1.29, 1.82) is 0 Å². The first-order valence-corrected chi connectivity index (χ1v) is 11.7. The van der Waals surface area contributed by atoms with Crippen molar-refractivity contribution < 1.29 is 17.9 Å². The van der Waals surface area contributed by atoms with Gasteiger partial charge in [0.15, 0.2) is 0 Å². The SMILES string of the molecule is COc1ccccc1CNC(=O)c1cc(S(=O)(=O)N2CCSCC2)ccc1Cl. The Labute approximate surface area is 174 Å². The number of thioether (sulfide) groups is 1. The van der Waals surface area contributed by atoms with Gasteiger partial charge in [0.05, 0.1) is 22.6 Å². The fraction of sp³-hybridized carbons (Fsp3) is 0.316. The number of hydrogen-bond donors (Lipinski definition) is 1. The fourth-order valence-corrected chi connectivity index (χ4v) is 5.70. The van der Waals surface area contributed by atoms with Crippen LogP contribution in [0, 0.1) is 0 Å². The van der Waals surface area contributed by atoms with Gasteiger partial charge in [0.2, 0.25) is 10.0 Å². The van der Waals surface area contributed by atoms with E-state index in [1.165, 1.54) is 22.5 Å². The number of amides is 1. The summed E-state index contributed by atoms with van der Waals surface area (Å²) in [6.07, 6.45) is 0. The van der Waals surface area contributed by atoms with Gasteiger partial charge < -0.3 is 10.1 Å². The Balaban J connectivity index is 1.80. The smallest absolute Gasteiger partial charge is 0.253 e. The van der Waals surface area contributed by atoms with Gasteiger partial charge in [-0.2, -0.15) is 16.1 Å². The van der Waals surface area contributed by atoms with E-state index >= 15 is 0 Å². The molecule has 0 unspecified atom stereocenters. The molecule has 150 valence electrons. The van der Waals surface area contributed by atoms with Crippen molar-refractivity contribution in [3.05, 3.63) is 58.6 Å². The van der Waals surface area contributed by atoms with Crippen molar-refractivity contribution in [2.24, 2.45) is 0 Å². The van der Waals surface area contributed by atoms with E-state index in [4.69, 9.17) is 16.3 Å². The number of carbonyl (C=O) groups excluding carboxylic acids is 1. The van der Waals surface area contributed by atoms with E-state index in [2.05, 4.69) is 5.32 Å². The van der Waals surface area contributed by atoms with E-state index < -0.39 is 15.9 Å². The quantitative estimate of drug-likeness (QED) is 0.747. The molecule has 1 fully saturated rings. The zero-order valence-corrected chi connectivity index (χ0v) is 17.7. The predicted molar refractivity (Wildman–Crippen MR) is 112 cm³/mol. The summed E-state index contributed by atoms with van der Waals surface area (Å²) in [5, 5.41) is 2.97. The summed E-state index contributed by atoms with van der Waals surface area (Å²) in [5.74, 6) is 1.74. The first-order chi connectivity index (χ1) is 13.4. The van der Waals surface area contributed by atoms with Crippen LogP contribution in [0.4, 0.5) is 0 Å². The fourth-order valence-electron chi connectivity index (χ4n) is 2.89. The number of ether oxygens (including phenoxy) is 1. The predicted octanol–water partition coefficient (Wildman–Crippen LogP) is 3.02. The second-order valence-electron chi connectivity index (χ2n) is 6.15. The molecule has 2 aromatic rings. The average molecular weight is 441 g/mol. The van der Waals surface area contributed by atoms with Gasteiger partial charge in [-0.3, -0.25) is 4.79 Å². The normalized spacial score (nSPS) is 15.2. The van der Waals surface area contributed by atoms with E-state index in [-0.39, 0.29) is 22.0 Å². The number of hydrogen-bond acceptors (Lipinski definition) is 5. The van der Waals surface area contributed by atoms with Gasteiger partial charge in [0.1, 0.15) is 5.75 Å². The van der Waals surface area contributed by atoms with Crippen LogP contribution in [0.25, 0.3) is 0 Å². The minimum Gasteiger partial charge on any atom is -0.496 e. The molecule has 1 N–H and O–H groups in total. The zero-order chi connectivity index (χ0) is 20.1. The average Bonchev–Trinajstić information content (AvgIpc) is 2.73. The molecule has 6 nitrogen and oxygen atoms in total. The number of para-hydroxylation sites is 1. The zero-order valence-electron chi connectivity index (χ0n) is 15.4. The lowest BCUT2D eigenvalue weighted by Crippen LogP contribution is -2.38. The first-order valence-electron chi connectivity index (χ1n) is 8.71. The van der Waals surface area contributed by atoms with Crippen LogP contribution in [0.1, 0.15) is 15.9 Å². The van der Waals surface area contributed by atoms with Gasteiger partial charge in [-0.05, 0) is 24.3 Å². The summed E-state index contributed by atoms with van der Waals surface area (Å²) in [6, 6.07) is 11.6. The summed E-state index contributed by atoms with van der Waals surface area (Å²) in [5.41, 5.74) is 0.938. The number of rotatable bonds is 6. The topological polar surface area (TPSA) is 75.7 Å². The van der Waals surface area contributed by atoms with Crippen LogP contribution in [0.5, 0.6) is 5.75 Å². The number of halogens is 1. The number of benzene rings is 2. The molecule has 28 heavy (non-hydrogen) atoms. The van der Waals surface area contributed by atoms with E-state index in [9.17, 15) is 13.2 Å². The van der Waals surface area contributed by atoms with Gasteiger partial charge in [-0.1, -0.05) is 29.8 Å². The first kappa shape index (κ1) is 21.0. The Kier molecular flexibility index (Phi) is 6.87. The van der Waals surface area contributed by atoms with Crippen molar-refractivity contribution in [3.63, 3.8) is 0 Å². The lowest BCUT2D eigenvalue weighted by Gasteiger charge is -2.25. The van der Waals surface area contributed by atoms with Gasteiger partial charge in [-0.15, -0.1) is 0 Å². The van der Waals surface area contributed by atoms with Crippen LogP contribution in [-0.2, 0) is 16.6 Å². The molecule has 1 aliphatic rings. The third-order valence-corrected chi connectivity index (χ3v) is 7.59. The van der Waals surface area contributed by atoms with E-state index in [1.807, 2.05) is 18.2 Å². The molecule has 3 rings (SSSR count). The van der Waals surface area contributed by atoms with Crippen LogP contribution in [0.3, 0.4) is 0 Å². The van der Waals surface area contributed by atoms with Crippen molar-refractivity contribution in [3.8, 4) is 5.75 Å². The summed E-state index contributed by atoms with van der Waals surface area (Å²) in [7, 11) is -2.09. The van der Waals surface area contributed by atoms with Gasteiger partial charge >= 0.3 is 0 Å². The molecule has 0 aromatic heterocycles. The standard InChI is InChI=1S/C19H21ClN2O4S2/c1-26-18-5-3-2-4-14(18)13-21-19(23)16-12-15(6-7-17(16)20)28(24,25)22-8-10-27-11-9-22/h2-7,12H,8-11,13H2,1H3,(H,21,23). The Morgan fingerprint density at radius 2 is 1.93 bits per heavy atom. The Bertz CT molecular complexity index is 960. The highest BCUT2D eigenvalue weighted by atomic mass is 35.5. The molecule has 1 amide bonds. The third-order valence-electron chi connectivity index (χ3n) is 4.42. The number of carbonyl (C=O) groups is 1. The van der Waals surface area contributed by atoms with Crippen molar-refractivity contribution in [1.82, 2.24) is 9.62 Å². The van der Waals surface area contributed by atoms with Crippen LogP contribution >= 0.6 is 23.4 Å². The number of nitrogens with zero attached hydrogens (tertiary/aromatic N) is 1. The largest absolute Gasteiger partial charge is 0.496 e. The maximum Gasteiger partial charge on any atom is 0.253 e. The maximum atomic E-state index is 12.9. The molecule has 9 heteroatoms. The van der Waals surface area contributed by atoms with Gasteiger partial charge in [0.25, 0.3) is 5.91 Å². The van der Waals surface area contributed by atoms with Crippen LogP contribution in [0.2, 0.25) is 5.02 Å². The molecule has 0 bridgehead atoms. The van der Waals surface area contributed by atoms with E-state index in [1.54, 1.807) is 24.9 Å². The molecule has 1 heterocycles. The molecular formula is C19H21ClN2O4S2. The van der Waals surface area contributed by atoms with E-state index in [0.717, 1.165) is 17.1 Å². The third kappa shape index (κ3) is 4.63. The highest BCUT2D eigenvalue weighted by Crippen LogP contribution is 2.25. The number of methoxy groups -OCH3 is 1. The van der Waals surface area contributed by atoms with Crippen LogP contribution in [-0.4, -0.2) is 50.3 Å². The van der Waals surface area contributed by atoms with Gasteiger partial charge in [-0.25, -0.2) is 8.42 Å². The second-order valence-corrected chi connectivity index (χ2v) is 9.72. The highest BCUT2D eigenvalue weighted by molar-refractivity contribution is 7.99. The van der Waals surface area contributed by atoms with E-state index in [0.29, 0.717) is 18.8 Å². The molecule has 1 saturated heterocycles. The second kappa shape index (κ2) is 9.17. The molecule has 0 aliphatic carbocycles. The number of nitrogens with one attached hydrogen (secondary N) is 1. The van der Waals surface area contributed by atoms with Crippen LogP contribution in [0.15, 0.2) is 47.4 Å². The minimum atomic E-state index is -3.65. The van der Waals surface area contributed by atoms with Crippen molar-refractivity contribution in [2.45, 2.75) is 11.4 Å². The summed E-state index contributed by atoms with van der Waals surface area (Å²) in [6.45, 7) is 1.16. The monoisotopic (exact) mass is 440 g/mol. The Morgan fingerprint density at radius 1 is 1.21 bits per heavy atom. The highest BCUT2D eigenvalue weighted by Gasteiger charge is 2.27. The Morgan fingerprint density at radius 3 is 2.64 bits per heavy atom. The molecular weight excluding hydrogens is 420 g/mol. The summed E-state index contributed by atoms with van der Waals surface area (Å²) in [4.78, 5) is 12.7. The van der Waals surface area contributed by atoms with Gasteiger partial charge in [0, 0.05) is 36.7 Å². The molecule has 0 atom stereocenters. The molecule has 1 aliphatic heterocycles. The summed E-state index contributed by atoms with van der Waals surface area (Å²) >= 11 is 7.90. The van der Waals surface area contributed by atoms with Crippen LogP contribution < -0.4 is 10.1 Å². The maximum absolute atomic E-state index is 12.9. The lowest BCUT2D eigenvalue weighted by atomic mass is 10.1. The summed E-state index contributed by atoms with van der Waals surface area (Å²) < 4.78 is 32.4. The number of sulfonamides is 1. The minimum absolute atomic E-state index is 0.0752. The van der Waals surface area contributed by atoms with Crippen molar-refractivity contribution >= 4 is 39.3 Å². The molecule has 0 spiro atoms. The molecule has 2 aromatic carbocycles.